The summed E-state index contributed by atoms with van der Waals surface area (Å²) in [7, 11) is 0. The number of imide groups is 1. The Bertz CT molecular complexity index is 508. The molecule has 2 fully saturated rings. The minimum Gasteiger partial charge on any atom is -0.360 e. The van der Waals surface area contributed by atoms with Gasteiger partial charge in [-0.2, -0.15) is 0 Å². The van der Waals surface area contributed by atoms with Crippen LogP contribution in [0, 0.1) is 24.7 Å². The van der Waals surface area contributed by atoms with Gasteiger partial charge in [0, 0.05) is 6.07 Å². The van der Waals surface area contributed by atoms with Crippen molar-refractivity contribution >= 4 is 17.6 Å². The third-order valence-electron chi connectivity index (χ3n) is 4.03. The molecule has 5 heteroatoms. The molecule has 2 amide bonds. The second-order valence-corrected chi connectivity index (χ2v) is 5.44. The van der Waals surface area contributed by atoms with Crippen LogP contribution < -0.4 is 4.90 Å². The number of fused-ring (bicyclic) bond motifs is 1. The number of carbonyl (C=O) groups excluding carboxylic acids is 2. The zero-order chi connectivity index (χ0) is 12.9. The van der Waals surface area contributed by atoms with Gasteiger partial charge in [-0.05, 0) is 32.1 Å². The fourth-order valence-corrected chi connectivity index (χ4v) is 3.07. The van der Waals surface area contributed by atoms with Crippen molar-refractivity contribution in [2.75, 3.05) is 4.90 Å². The van der Waals surface area contributed by atoms with Crippen molar-refractivity contribution in [2.24, 2.45) is 17.8 Å². The van der Waals surface area contributed by atoms with E-state index < -0.39 is 0 Å². The Kier molecular flexibility index (Phi) is 2.50. The van der Waals surface area contributed by atoms with E-state index in [1.165, 1.54) is 4.90 Å². The summed E-state index contributed by atoms with van der Waals surface area (Å²) in [4.78, 5) is 25.8. The van der Waals surface area contributed by atoms with Crippen molar-refractivity contribution < 1.29 is 14.1 Å². The first-order valence-corrected chi connectivity index (χ1v) is 6.39. The number of nitrogens with zero attached hydrogens (tertiary/aromatic N) is 2. The molecule has 1 saturated carbocycles. The highest BCUT2D eigenvalue weighted by Crippen LogP contribution is 2.41. The van der Waals surface area contributed by atoms with Crippen molar-refractivity contribution in [2.45, 2.75) is 33.1 Å². The summed E-state index contributed by atoms with van der Waals surface area (Å²) in [5.74, 6) is 0.944. The summed E-state index contributed by atoms with van der Waals surface area (Å²) in [6, 6.07) is 1.64. The minimum atomic E-state index is -0.154. The first-order chi connectivity index (χ1) is 8.58. The summed E-state index contributed by atoms with van der Waals surface area (Å²) in [6.07, 6.45) is 2.64. The Morgan fingerprint density at radius 1 is 1.28 bits per heavy atom. The first kappa shape index (κ1) is 11.4. The van der Waals surface area contributed by atoms with Gasteiger partial charge in [-0.1, -0.05) is 12.1 Å². The fraction of sp³-hybridized carbons (Fsp3) is 0.615. The van der Waals surface area contributed by atoms with E-state index in [0.717, 1.165) is 19.3 Å². The molecule has 0 bridgehead atoms. The van der Waals surface area contributed by atoms with E-state index in [4.69, 9.17) is 4.52 Å². The molecule has 3 rings (SSSR count). The van der Waals surface area contributed by atoms with Gasteiger partial charge in [0.15, 0.2) is 5.82 Å². The smallest absolute Gasteiger partial charge is 0.239 e. The van der Waals surface area contributed by atoms with Crippen molar-refractivity contribution in [3.05, 3.63) is 11.8 Å². The second-order valence-electron chi connectivity index (χ2n) is 5.44. The standard InChI is InChI=1S/C13H16N2O3/c1-7-3-4-9-10(5-7)13(17)15(12(9)16)11-6-8(2)18-14-11/h6-7,9-10H,3-5H2,1-2H3/t7-,9-,10+/m1/s1. The third-order valence-corrected chi connectivity index (χ3v) is 4.03. The Morgan fingerprint density at radius 3 is 2.67 bits per heavy atom. The van der Waals surface area contributed by atoms with E-state index in [1.807, 2.05) is 0 Å². The van der Waals surface area contributed by atoms with Gasteiger partial charge in [0.1, 0.15) is 5.76 Å². The molecule has 5 nitrogen and oxygen atoms in total. The van der Waals surface area contributed by atoms with E-state index in [0.29, 0.717) is 17.5 Å². The van der Waals surface area contributed by atoms with Crippen LogP contribution in [0.3, 0.4) is 0 Å². The largest absolute Gasteiger partial charge is 0.360 e. The number of aromatic nitrogens is 1. The van der Waals surface area contributed by atoms with Gasteiger partial charge in [0.25, 0.3) is 0 Å². The van der Waals surface area contributed by atoms with Gasteiger partial charge in [0.2, 0.25) is 11.8 Å². The lowest BCUT2D eigenvalue weighted by Crippen LogP contribution is -2.31. The molecule has 2 aliphatic rings. The number of hydrogen-bond donors (Lipinski definition) is 0. The monoisotopic (exact) mass is 248 g/mol. The highest BCUT2D eigenvalue weighted by atomic mass is 16.5. The maximum atomic E-state index is 12.3. The molecule has 1 aliphatic carbocycles. The zero-order valence-corrected chi connectivity index (χ0v) is 10.5. The van der Waals surface area contributed by atoms with Crippen LogP contribution in [0.25, 0.3) is 0 Å². The average Bonchev–Trinajstić information content (AvgIpc) is 2.84. The molecular formula is C13H16N2O3. The van der Waals surface area contributed by atoms with Gasteiger partial charge in [-0.15, -0.1) is 0 Å². The van der Waals surface area contributed by atoms with Crippen molar-refractivity contribution in [3.63, 3.8) is 0 Å². The lowest BCUT2D eigenvalue weighted by atomic mass is 9.76. The fourth-order valence-electron chi connectivity index (χ4n) is 3.07. The number of hydrogen-bond acceptors (Lipinski definition) is 4. The van der Waals surface area contributed by atoms with Crippen molar-refractivity contribution in [1.29, 1.82) is 0 Å². The first-order valence-electron chi connectivity index (χ1n) is 6.39. The van der Waals surface area contributed by atoms with Crippen LogP contribution in [0.4, 0.5) is 5.82 Å². The van der Waals surface area contributed by atoms with E-state index in [9.17, 15) is 9.59 Å². The predicted molar refractivity (Wildman–Crippen MR) is 63.7 cm³/mol. The molecule has 0 aromatic carbocycles. The maximum Gasteiger partial charge on any atom is 0.239 e. The van der Waals surface area contributed by atoms with Crippen LogP contribution in [-0.4, -0.2) is 17.0 Å². The third kappa shape index (κ3) is 1.57. The van der Waals surface area contributed by atoms with Gasteiger partial charge in [-0.25, -0.2) is 4.90 Å². The van der Waals surface area contributed by atoms with Crippen LogP contribution in [0.5, 0.6) is 0 Å². The van der Waals surface area contributed by atoms with E-state index in [-0.39, 0.29) is 23.7 Å². The predicted octanol–water partition coefficient (Wildman–Crippen LogP) is 1.91. The summed E-state index contributed by atoms with van der Waals surface area (Å²) in [5.41, 5.74) is 0. The van der Waals surface area contributed by atoms with Crippen LogP contribution in [-0.2, 0) is 9.59 Å². The normalized spacial score (nSPS) is 31.9. The van der Waals surface area contributed by atoms with Crippen LogP contribution >= 0.6 is 0 Å². The highest BCUT2D eigenvalue weighted by molar-refractivity contribution is 6.21. The molecular weight excluding hydrogens is 232 g/mol. The van der Waals surface area contributed by atoms with Gasteiger partial charge < -0.3 is 4.52 Å². The van der Waals surface area contributed by atoms with Gasteiger partial charge in [-0.3, -0.25) is 9.59 Å². The van der Waals surface area contributed by atoms with Crippen LogP contribution in [0.15, 0.2) is 10.6 Å². The number of rotatable bonds is 1. The van der Waals surface area contributed by atoms with Crippen LogP contribution in [0.2, 0.25) is 0 Å². The molecule has 96 valence electrons. The molecule has 18 heavy (non-hydrogen) atoms. The minimum absolute atomic E-state index is 0.106. The summed E-state index contributed by atoms with van der Waals surface area (Å²) in [6.45, 7) is 3.88. The quantitative estimate of drug-likeness (QED) is 0.712. The topological polar surface area (TPSA) is 63.4 Å². The van der Waals surface area contributed by atoms with E-state index in [2.05, 4.69) is 12.1 Å². The zero-order valence-electron chi connectivity index (χ0n) is 10.5. The number of anilines is 1. The Hall–Kier alpha value is -1.65. The van der Waals surface area contributed by atoms with Crippen molar-refractivity contribution in [3.8, 4) is 0 Å². The lowest BCUT2D eigenvalue weighted by molar-refractivity contribution is -0.122. The molecule has 0 radical (unpaired) electrons. The Balaban J connectivity index is 1.93. The van der Waals surface area contributed by atoms with Gasteiger partial charge >= 0.3 is 0 Å². The molecule has 1 saturated heterocycles. The van der Waals surface area contributed by atoms with Crippen molar-refractivity contribution in [1.82, 2.24) is 5.16 Å². The average molecular weight is 248 g/mol. The maximum absolute atomic E-state index is 12.3. The second kappa shape index (κ2) is 3.93. The number of amides is 2. The van der Waals surface area contributed by atoms with E-state index >= 15 is 0 Å². The summed E-state index contributed by atoms with van der Waals surface area (Å²) < 4.78 is 4.95. The van der Waals surface area contributed by atoms with E-state index in [1.54, 1.807) is 13.0 Å². The number of carbonyl (C=O) groups is 2. The highest BCUT2D eigenvalue weighted by Gasteiger charge is 2.50. The molecule has 0 spiro atoms. The molecule has 2 heterocycles. The molecule has 0 unspecified atom stereocenters. The summed E-state index contributed by atoms with van der Waals surface area (Å²) in [5, 5.41) is 3.78. The Morgan fingerprint density at radius 2 is 2.00 bits per heavy atom. The molecule has 1 aliphatic heterocycles. The Labute approximate surface area is 105 Å². The molecule has 0 N–H and O–H groups in total. The molecule has 3 atom stereocenters. The van der Waals surface area contributed by atoms with Gasteiger partial charge in [0.05, 0.1) is 11.8 Å². The molecule has 1 aromatic heterocycles. The number of aryl methyl sites for hydroxylation is 1. The SMILES string of the molecule is Cc1cc(N2C(=O)[C@H]3C[C@H](C)CC[C@H]3C2=O)no1. The van der Waals surface area contributed by atoms with Crippen LogP contribution in [0.1, 0.15) is 31.9 Å². The molecule has 1 aromatic rings. The lowest BCUT2D eigenvalue weighted by Gasteiger charge is -2.25. The summed E-state index contributed by atoms with van der Waals surface area (Å²) >= 11 is 0.